The average Bonchev–Trinajstić information content (AvgIpc) is 3.17. The molecule has 54 heavy (non-hydrogen) atoms. The van der Waals surface area contributed by atoms with Crippen LogP contribution in [0.2, 0.25) is 0 Å². The maximum absolute atomic E-state index is 12.7. The molecule has 6 atom stereocenters. The number of carbonyl (C=O) groups is 2. The number of hydrogen-bond donors (Lipinski definition) is 4. The Hall–Kier alpha value is -3.38. The van der Waals surface area contributed by atoms with E-state index in [2.05, 4.69) is 105 Å². The van der Waals surface area contributed by atoms with E-state index < -0.39 is 55.4 Å². The number of allylic oxidation sites excluding steroid dienone is 16. The monoisotopic (exact) mass is 756 g/mol. The summed E-state index contributed by atoms with van der Waals surface area (Å²) < 4.78 is 22.0. The van der Waals surface area contributed by atoms with Crippen molar-refractivity contribution >= 4 is 11.9 Å². The molecule has 1 aliphatic rings. The summed E-state index contributed by atoms with van der Waals surface area (Å²) in [6.45, 7) is 3.05. The lowest BCUT2D eigenvalue weighted by molar-refractivity contribution is -0.305. The van der Waals surface area contributed by atoms with Crippen LogP contribution in [-0.2, 0) is 28.5 Å². The summed E-state index contributed by atoms with van der Waals surface area (Å²) in [6, 6.07) is 0. The summed E-state index contributed by atoms with van der Waals surface area (Å²) in [5.41, 5.74) is 0. The smallest absolute Gasteiger partial charge is 0.306 e. The van der Waals surface area contributed by atoms with Gasteiger partial charge in [-0.15, -0.1) is 0 Å². The lowest BCUT2D eigenvalue weighted by Crippen LogP contribution is -2.59. The van der Waals surface area contributed by atoms with Crippen molar-refractivity contribution in [2.75, 3.05) is 19.8 Å². The van der Waals surface area contributed by atoms with Gasteiger partial charge in [-0.2, -0.15) is 0 Å². The molecule has 1 rings (SSSR count). The van der Waals surface area contributed by atoms with Gasteiger partial charge in [-0.05, 0) is 83.5 Å². The Morgan fingerprint density at radius 2 is 1.04 bits per heavy atom. The predicted molar refractivity (Wildman–Crippen MR) is 214 cm³/mol. The fraction of sp³-hybridized carbons (Fsp3) is 0.591. The molecule has 0 aromatic carbocycles. The number of rotatable bonds is 30. The minimum absolute atomic E-state index is 0.162. The Kier molecular flexibility index (Phi) is 30.7. The SMILES string of the molecule is CC/C=C\C/C=C\C/C=C\C/C=C\C/C=C\CCCC(=O)OC[C@H](CO[C@@H]1O[C@H](CO)[C@H](O)[C@H](O)[C@H]1O)OC(=O)CCCC/C=C\C/C=C\C/C=C\CC. The van der Waals surface area contributed by atoms with Gasteiger partial charge in [0.05, 0.1) is 13.2 Å². The third-order valence-electron chi connectivity index (χ3n) is 8.21. The van der Waals surface area contributed by atoms with Gasteiger partial charge in [-0.25, -0.2) is 0 Å². The molecule has 1 heterocycles. The molecule has 0 saturated carbocycles. The largest absolute Gasteiger partial charge is 0.462 e. The second kappa shape index (κ2) is 34.1. The number of aliphatic hydroxyl groups is 4. The van der Waals surface area contributed by atoms with Crippen LogP contribution < -0.4 is 0 Å². The second-order valence-electron chi connectivity index (χ2n) is 13.0. The highest BCUT2D eigenvalue weighted by molar-refractivity contribution is 5.70. The number of esters is 2. The number of unbranched alkanes of at least 4 members (excludes halogenated alkanes) is 3. The van der Waals surface area contributed by atoms with Gasteiger partial charge in [-0.1, -0.05) is 111 Å². The van der Waals surface area contributed by atoms with Gasteiger partial charge in [0.15, 0.2) is 12.4 Å². The zero-order valence-electron chi connectivity index (χ0n) is 32.7. The van der Waals surface area contributed by atoms with Crippen LogP contribution in [0.15, 0.2) is 97.2 Å². The highest BCUT2D eigenvalue weighted by atomic mass is 16.7. The quantitative estimate of drug-likeness (QED) is 0.0328. The molecule has 1 aliphatic heterocycles. The van der Waals surface area contributed by atoms with E-state index in [0.717, 1.165) is 64.2 Å². The normalized spacial score (nSPS) is 21.8. The first-order valence-electron chi connectivity index (χ1n) is 19.8. The molecule has 10 heteroatoms. The Bertz CT molecular complexity index is 1200. The van der Waals surface area contributed by atoms with Crippen LogP contribution in [-0.4, -0.2) is 89.0 Å². The molecule has 1 saturated heterocycles. The maximum Gasteiger partial charge on any atom is 0.306 e. The molecule has 0 spiro atoms. The molecule has 0 unspecified atom stereocenters. The van der Waals surface area contributed by atoms with Crippen LogP contribution in [0.25, 0.3) is 0 Å². The van der Waals surface area contributed by atoms with E-state index >= 15 is 0 Å². The third-order valence-corrected chi connectivity index (χ3v) is 8.21. The Morgan fingerprint density at radius 1 is 0.574 bits per heavy atom. The average molecular weight is 757 g/mol. The first-order chi connectivity index (χ1) is 26.3. The van der Waals surface area contributed by atoms with Crippen molar-refractivity contribution in [3.05, 3.63) is 97.2 Å². The second-order valence-corrected chi connectivity index (χ2v) is 13.0. The molecule has 0 radical (unpaired) electrons. The first-order valence-corrected chi connectivity index (χ1v) is 19.8. The van der Waals surface area contributed by atoms with E-state index in [4.69, 9.17) is 18.9 Å². The molecule has 0 aromatic heterocycles. The van der Waals surface area contributed by atoms with Crippen molar-refractivity contribution in [1.82, 2.24) is 0 Å². The van der Waals surface area contributed by atoms with E-state index in [1.807, 2.05) is 6.08 Å². The van der Waals surface area contributed by atoms with E-state index in [9.17, 15) is 30.0 Å². The molecule has 0 aliphatic carbocycles. The molecule has 304 valence electrons. The highest BCUT2D eigenvalue weighted by Gasteiger charge is 2.44. The lowest BCUT2D eigenvalue weighted by Gasteiger charge is -2.39. The Morgan fingerprint density at radius 3 is 1.54 bits per heavy atom. The number of hydrogen-bond acceptors (Lipinski definition) is 10. The van der Waals surface area contributed by atoms with Gasteiger partial charge in [0.2, 0.25) is 0 Å². The van der Waals surface area contributed by atoms with Crippen molar-refractivity contribution in [2.45, 2.75) is 147 Å². The molecular weight excluding hydrogens is 688 g/mol. The number of ether oxygens (including phenoxy) is 4. The molecule has 0 aromatic rings. The Labute approximate surface area is 324 Å². The summed E-state index contributed by atoms with van der Waals surface area (Å²) in [7, 11) is 0. The summed E-state index contributed by atoms with van der Waals surface area (Å²) in [4.78, 5) is 25.2. The minimum atomic E-state index is -1.62. The molecule has 1 fully saturated rings. The van der Waals surface area contributed by atoms with Crippen molar-refractivity contribution in [3.63, 3.8) is 0 Å². The van der Waals surface area contributed by atoms with Crippen LogP contribution >= 0.6 is 0 Å². The molecule has 0 bridgehead atoms. The molecule has 10 nitrogen and oxygen atoms in total. The van der Waals surface area contributed by atoms with Gasteiger partial charge in [0, 0.05) is 12.8 Å². The fourth-order valence-corrected chi connectivity index (χ4v) is 5.12. The van der Waals surface area contributed by atoms with Crippen LogP contribution in [0.1, 0.15) is 110 Å². The van der Waals surface area contributed by atoms with Crippen LogP contribution in [0, 0.1) is 0 Å². The van der Waals surface area contributed by atoms with E-state index in [-0.39, 0.29) is 26.1 Å². The van der Waals surface area contributed by atoms with Gasteiger partial charge >= 0.3 is 11.9 Å². The topological polar surface area (TPSA) is 152 Å². The highest BCUT2D eigenvalue weighted by Crippen LogP contribution is 2.22. The summed E-state index contributed by atoms with van der Waals surface area (Å²) in [5, 5.41) is 39.9. The standard InChI is InChI=1S/C44H68O10/c1-3-5-7-9-11-13-15-17-18-19-20-21-23-24-26-28-30-32-39(46)51-35-37(36-52-44-43(50)42(49)41(48)38(34-45)54-44)53-40(47)33-31-29-27-25-22-16-14-12-10-8-6-4-2/h5-8,11-14,17-18,20-22,24-26,37-38,41-45,48-50H,3-4,9-10,15-16,19,23,27-36H2,1-2H3/b7-5-,8-6-,13-11-,14-12-,18-17-,21-20-,25-22-,26-24-/t37-,38-,41+,42+,43-,44-/m1/s1. The van der Waals surface area contributed by atoms with Gasteiger partial charge < -0.3 is 39.4 Å². The first kappa shape index (κ1) is 48.6. The zero-order valence-corrected chi connectivity index (χ0v) is 32.7. The van der Waals surface area contributed by atoms with E-state index in [0.29, 0.717) is 19.3 Å². The van der Waals surface area contributed by atoms with Gasteiger partial charge in [-0.3, -0.25) is 9.59 Å². The molecular formula is C44H68O10. The number of carbonyl (C=O) groups excluding carboxylic acids is 2. The maximum atomic E-state index is 12.7. The van der Waals surface area contributed by atoms with Crippen molar-refractivity contribution in [1.29, 1.82) is 0 Å². The summed E-state index contributed by atoms with van der Waals surface area (Å²) >= 11 is 0. The van der Waals surface area contributed by atoms with Crippen LogP contribution in [0.4, 0.5) is 0 Å². The molecule has 0 amide bonds. The fourth-order valence-electron chi connectivity index (χ4n) is 5.12. The van der Waals surface area contributed by atoms with Gasteiger partial charge in [0.1, 0.15) is 31.0 Å². The van der Waals surface area contributed by atoms with Gasteiger partial charge in [0.25, 0.3) is 0 Å². The third kappa shape index (κ3) is 25.6. The summed E-state index contributed by atoms with van der Waals surface area (Å²) in [6.07, 6.45) is 37.2. The van der Waals surface area contributed by atoms with Crippen LogP contribution in [0.3, 0.4) is 0 Å². The zero-order chi connectivity index (χ0) is 39.5. The minimum Gasteiger partial charge on any atom is -0.462 e. The van der Waals surface area contributed by atoms with Crippen LogP contribution in [0.5, 0.6) is 0 Å². The van der Waals surface area contributed by atoms with Crippen molar-refractivity contribution in [3.8, 4) is 0 Å². The predicted octanol–water partition coefficient (Wildman–Crippen LogP) is 7.60. The van der Waals surface area contributed by atoms with Crippen molar-refractivity contribution in [2.24, 2.45) is 0 Å². The van der Waals surface area contributed by atoms with Crippen molar-refractivity contribution < 1.29 is 49.0 Å². The van der Waals surface area contributed by atoms with E-state index in [1.54, 1.807) is 0 Å². The lowest BCUT2D eigenvalue weighted by atomic mass is 9.99. The number of aliphatic hydroxyl groups excluding tert-OH is 4. The molecule has 4 N–H and O–H groups in total. The summed E-state index contributed by atoms with van der Waals surface area (Å²) in [5.74, 6) is -0.936. The van der Waals surface area contributed by atoms with E-state index in [1.165, 1.54) is 0 Å². The Balaban J connectivity index is 2.46.